The van der Waals surface area contributed by atoms with Crippen LogP contribution in [-0.2, 0) is 7.05 Å². The second-order valence-electron chi connectivity index (χ2n) is 7.01. The molecule has 0 aliphatic carbocycles. The molecule has 26 heavy (non-hydrogen) atoms. The van der Waals surface area contributed by atoms with E-state index in [9.17, 15) is 4.79 Å². The molecule has 1 N–H and O–H groups in total. The minimum atomic E-state index is 0. The summed E-state index contributed by atoms with van der Waals surface area (Å²) in [4.78, 5) is 17.6. The molecule has 4 rings (SSSR count). The van der Waals surface area contributed by atoms with Crippen molar-refractivity contribution in [1.82, 2.24) is 19.7 Å². The molecule has 2 saturated heterocycles. The molecule has 6 heteroatoms. The number of halogens is 1. The predicted octanol–water partition coefficient (Wildman–Crippen LogP) is 2.23. The Bertz CT molecular complexity index is 740. The number of amides is 1. The molecule has 0 bridgehead atoms. The summed E-state index contributed by atoms with van der Waals surface area (Å²) < 4.78 is 2.02. The van der Waals surface area contributed by atoms with Gasteiger partial charge in [0.05, 0.1) is 0 Å². The van der Waals surface area contributed by atoms with Crippen molar-refractivity contribution in [3.8, 4) is 11.3 Å². The predicted molar refractivity (Wildman–Crippen MR) is 107 cm³/mol. The van der Waals surface area contributed by atoms with Gasteiger partial charge in [0.2, 0.25) is 0 Å². The van der Waals surface area contributed by atoms with Gasteiger partial charge in [0.25, 0.3) is 5.91 Å². The largest absolute Gasteiger partial charge is 0.340 e. The molecule has 140 valence electrons. The van der Waals surface area contributed by atoms with E-state index in [4.69, 9.17) is 0 Å². The number of piperazine rings is 1. The van der Waals surface area contributed by atoms with Crippen molar-refractivity contribution in [2.24, 2.45) is 7.05 Å². The average Bonchev–Trinajstić information content (AvgIpc) is 3.30. The summed E-state index contributed by atoms with van der Waals surface area (Å²) in [6.45, 7) is 6.01. The first-order chi connectivity index (χ1) is 12.2. The van der Waals surface area contributed by atoms with E-state index < -0.39 is 0 Å². The molecule has 1 amide bonds. The van der Waals surface area contributed by atoms with E-state index >= 15 is 0 Å². The number of carbonyl (C=O) groups is 1. The van der Waals surface area contributed by atoms with Crippen molar-refractivity contribution in [2.75, 3.05) is 39.3 Å². The lowest BCUT2D eigenvalue weighted by atomic mass is 10.2. The van der Waals surface area contributed by atoms with Gasteiger partial charge in [0, 0.05) is 58.1 Å². The van der Waals surface area contributed by atoms with Crippen molar-refractivity contribution in [1.29, 1.82) is 0 Å². The summed E-state index contributed by atoms with van der Waals surface area (Å²) in [5.41, 5.74) is 3.01. The molecule has 5 nitrogen and oxygen atoms in total. The van der Waals surface area contributed by atoms with E-state index in [2.05, 4.69) is 22.3 Å². The van der Waals surface area contributed by atoms with Crippen LogP contribution in [-0.4, -0.2) is 65.6 Å². The molecular weight excluding hydrogens is 348 g/mol. The SMILES string of the molecule is Cl.Cn1c(C(=O)N2CCC(N3CCNCC3)C2)ccc1-c1ccccc1. The molecular formula is C20H27ClN4O. The average molecular weight is 375 g/mol. The van der Waals surface area contributed by atoms with Crippen molar-refractivity contribution in [2.45, 2.75) is 12.5 Å². The van der Waals surface area contributed by atoms with Crippen LogP contribution in [0.3, 0.4) is 0 Å². The lowest BCUT2D eigenvalue weighted by Gasteiger charge is -2.32. The van der Waals surface area contributed by atoms with E-state index in [1.165, 1.54) is 0 Å². The smallest absolute Gasteiger partial charge is 0.270 e. The third-order valence-corrected chi connectivity index (χ3v) is 5.53. The quantitative estimate of drug-likeness (QED) is 0.895. The standard InChI is InChI=1S/C20H26N4O.ClH/c1-22-18(16-5-3-2-4-6-16)7-8-19(22)20(25)24-12-9-17(15-24)23-13-10-21-11-14-23;/h2-8,17,21H,9-15H2,1H3;1H. The highest BCUT2D eigenvalue weighted by Gasteiger charge is 2.32. The van der Waals surface area contributed by atoms with Crippen LogP contribution in [0.5, 0.6) is 0 Å². The Morgan fingerprint density at radius 3 is 2.50 bits per heavy atom. The molecule has 1 unspecified atom stereocenters. The Balaban J connectivity index is 0.00000196. The van der Waals surface area contributed by atoms with Gasteiger partial charge in [0.1, 0.15) is 5.69 Å². The highest BCUT2D eigenvalue weighted by molar-refractivity contribution is 5.94. The van der Waals surface area contributed by atoms with Crippen molar-refractivity contribution < 1.29 is 4.79 Å². The van der Waals surface area contributed by atoms with Crippen LogP contribution >= 0.6 is 12.4 Å². The van der Waals surface area contributed by atoms with Gasteiger partial charge in [-0.05, 0) is 24.1 Å². The number of rotatable bonds is 3. The third kappa shape index (κ3) is 3.65. The Morgan fingerprint density at radius 2 is 1.77 bits per heavy atom. The second kappa shape index (κ2) is 8.25. The van der Waals surface area contributed by atoms with Crippen LogP contribution in [0.4, 0.5) is 0 Å². The topological polar surface area (TPSA) is 40.5 Å². The first-order valence-corrected chi connectivity index (χ1v) is 9.19. The third-order valence-electron chi connectivity index (χ3n) is 5.53. The number of hydrogen-bond acceptors (Lipinski definition) is 3. The highest BCUT2D eigenvalue weighted by atomic mass is 35.5. The van der Waals surface area contributed by atoms with Gasteiger partial charge in [-0.2, -0.15) is 0 Å². The molecule has 2 fully saturated rings. The van der Waals surface area contributed by atoms with Crippen LogP contribution in [0.1, 0.15) is 16.9 Å². The number of carbonyl (C=O) groups excluding carboxylic acids is 1. The van der Waals surface area contributed by atoms with Crippen molar-refractivity contribution in [3.05, 3.63) is 48.2 Å². The molecule has 0 radical (unpaired) electrons. The molecule has 1 aromatic heterocycles. The lowest BCUT2D eigenvalue weighted by molar-refractivity contribution is 0.0764. The Kier molecular flexibility index (Phi) is 6.01. The Hall–Kier alpha value is -1.82. The summed E-state index contributed by atoms with van der Waals surface area (Å²) >= 11 is 0. The Labute approximate surface area is 161 Å². The summed E-state index contributed by atoms with van der Waals surface area (Å²) in [7, 11) is 1.99. The van der Waals surface area contributed by atoms with Gasteiger partial charge < -0.3 is 14.8 Å². The number of nitrogens with zero attached hydrogens (tertiary/aromatic N) is 3. The number of benzene rings is 1. The number of hydrogen-bond donors (Lipinski definition) is 1. The van der Waals surface area contributed by atoms with Crippen molar-refractivity contribution in [3.63, 3.8) is 0 Å². The fourth-order valence-electron chi connectivity index (χ4n) is 4.06. The monoisotopic (exact) mass is 374 g/mol. The molecule has 2 aromatic rings. The maximum atomic E-state index is 13.0. The zero-order valence-corrected chi connectivity index (χ0v) is 16.0. The van der Waals surface area contributed by atoms with Crippen LogP contribution < -0.4 is 5.32 Å². The maximum Gasteiger partial charge on any atom is 0.270 e. The van der Waals surface area contributed by atoms with Gasteiger partial charge in [-0.25, -0.2) is 0 Å². The second-order valence-corrected chi connectivity index (χ2v) is 7.01. The maximum absolute atomic E-state index is 13.0. The lowest BCUT2D eigenvalue weighted by Crippen LogP contribution is -2.49. The number of likely N-dealkylation sites (tertiary alicyclic amines) is 1. The van der Waals surface area contributed by atoms with Gasteiger partial charge in [-0.1, -0.05) is 30.3 Å². The van der Waals surface area contributed by atoms with Gasteiger partial charge in [-0.3, -0.25) is 9.69 Å². The zero-order valence-electron chi connectivity index (χ0n) is 15.2. The number of aromatic nitrogens is 1. The summed E-state index contributed by atoms with van der Waals surface area (Å²) in [6.07, 6.45) is 1.09. The van der Waals surface area contributed by atoms with Crippen LogP contribution in [0.15, 0.2) is 42.5 Å². The van der Waals surface area contributed by atoms with E-state index in [-0.39, 0.29) is 18.3 Å². The van der Waals surface area contributed by atoms with Crippen LogP contribution in [0.2, 0.25) is 0 Å². The Morgan fingerprint density at radius 1 is 1.04 bits per heavy atom. The summed E-state index contributed by atoms with van der Waals surface area (Å²) in [5.74, 6) is 0.155. The molecule has 0 spiro atoms. The number of nitrogens with one attached hydrogen (secondary N) is 1. The molecule has 3 heterocycles. The van der Waals surface area contributed by atoms with Crippen LogP contribution in [0, 0.1) is 0 Å². The first-order valence-electron chi connectivity index (χ1n) is 9.19. The molecule has 1 atom stereocenters. The molecule has 0 saturated carbocycles. The van der Waals surface area contributed by atoms with E-state index in [1.54, 1.807) is 0 Å². The van der Waals surface area contributed by atoms with E-state index in [1.807, 2.05) is 46.8 Å². The minimum absolute atomic E-state index is 0. The van der Waals surface area contributed by atoms with Crippen molar-refractivity contribution >= 4 is 18.3 Å². The molecule has 2 aliphatic heterocycles. The fraction of sp³-hybridized carbons (Fsp3) is 0.450. The zero-order chi connectivity index (χ0) is 17.2. The van der Waals surface area contributed by atoms with Gasteiger partial charge in [-0.15, -0.1) is 12.4 Å². The summed E-state index contributed by atoms with van der Waals surface area (Å²) in [6, 6.07) is 14.8. The molecule has 2 aliphatic rings. The minimum Gasteiger partial charge on any atom is -0.340 e. The first kappa shape index (κ1) is 19.0. The highest BCUT2D eigenvalue weighted by Crippen LogP contribution is 2.24. The molecule has 1 aromatic carbocycles. The van der Waals surface area contributed by atoms with Gasteiger partial charge in [0.15, 0.2) is 0 Å². The van der Waals surface area contributed by atoms with E-state index in [0.717, 1.165) is 62.6 Å². The normalized spacial score (nSPS) is 20.8. The summed E-state index contributed by atoms with van der Waals surface area (Å²) in [5, 5.41) is 3.40. The van der Waals surface area contributed by atoms with E-state index in [0.29, 0.717) is 6.04 Å². The fourth-order valence-corrected chi connectivity index (χ4v) is 4.06. The van der Waals surface area contributed by atoms with Crippen LogP contribution in [0.25, 0.3) is 11.3 Å². The van der Waals surface area contributed by atoms with Gasteiger partial charge >= 0.3 is 0 Å².